The summed E-state index contributed by atoms with van der Waals surface area (Å²) in [7, 11) is 0. The molecule has 0 aliphatic heterocycles. The highest BCUT2D eigenvalue weighted by atomic mass is 16.1. The van der Waals surface area contributed by atoms with E-state index < -0.39 is 0 Å². The third-order valence-electron chi connectivity index (χ3n) is 2.38. The first-order valence-electron chi connectivity index (χ1n) is 5.16. The van der Waals surface area contributed by atoms with Crippen LogP contribution in [-0.4, -0.2) is 18.5 Å². The Labute approximate surface area is 81.1 Å². The lowest BCUT2D eigenvalue weighted by Crippen LogP contribution is -2.37. The van der Waals surface area contributed by atoms with Gasteiger partial charge in [0.15, 0.2) is 0 Å². The van der Waals surface area contributed by atoms with E-state index in [1.165, 1.54) is 0 Å². The third-order valence-corrected chi connectivity index (χ3v) is 2.38. The van der Waals surface area contributed by atoms with Crippen molar-refractivity contribution >= 4 is 5.91 Å². The summed E-state index contributed by atoms with van der Waals surface area (Å²) in [6.45, 7) is 6.70. The minimum absolute atomic E-state index is 0.0963. The van der Waals surface area contributed by atoms with E-state index in [2.05, 4.69) is 12.2 Å². The molecule has 0 rings (SSSR count). The Morgan fingerprint density at radius 1 is 1.38 bits per heavy atom. The maximum Gasteiger partial charge on any atom is 0.223 e. The fourth-order valence-corrected chi connectivity index (χ4v) is 1.18. The van der Waals surface area contributed by atoms with Gasteiger partial charge in [-0.2, -0.15) is 0 Å². The summed E-state index contributed by atoms with van der Waals surface area (Å²) in [6, 6.07) is 0.277. The van der Waals surface area contributed by atoms with E-state index >= 15 is 0 Å². The summed E-state index contributed by atoms with van der Waals surface area (Å²) in [5, 5.41) is 2.97. The number of amides is 1. The first-order valence-corrected chi connectivity index (χ1v) is 5.16. The van der Waals surface area contributed by atoms with Gasteiger partial charge < -0.3 is 11.1 Å². The van der Waals surface area contributed by atoms with E-state index in [4.69, 9.17) is 5.73 Å². The normalized spacial score (nSPS) is 15.1. The first-order chi connectivity index (χ1) is 6.15. The largest absolute Gasteiger partial charge is 0.353 e. The van der Waals surface area contributed by atoms with E-state index in [9.17, 15) is 4.79 Å². The number of rotatable bonds is 6. The summed E-state index contributed by atoms with van der Waals surface area (Å²) < 4.78 is 0. The SMILES string of the molecule is CCC(C)NC(=O)C(CC)CCN. The van der Waals surface area contributed by atoms with Gasteiger partial charge in [0.25, 0.3) is 0 Å². The van der Waals surface area contributed by atoms with Crippen molar-refractivity contribution in [2.24, 2.45) is 11.7 Å². The molecule has 0 saturated carbocycles. The van der Waals surface area contributed by atoms with E-state index in [1.807, 2.05) is 13.8 Å². The summed E-state index contributed by atoms with van der Waals surface area (Å²) >= 11 is 0. The molecule has 0 spiro atoms. The summed E-state index contributed by atoms with van der Waals surface area (Å²) in [5.74, 6) is 0.251. The van der Waals surface area contributed by atoms with Crippen LogP contribution in [0.1, 0.15) is 40.0 Å². The molecule has 0 aromatic rings. The molecule has 0 radical (unpaired) electrons. The van der Waals surface area contributed by atoms with Crippen LogP contribution in [0.15, 0.2) is 0 Å². The lowest BCUT2D eigenvalue weighted by Gasteiger charge is -2.17. The van der Waals surface area contributed by atoms with Crippen molar-refractivity contribution in [2.45, 2.75) is 46.1 Å². The predicted molar refractivity (Wildman–Crippen MR) is 55.3 cm³/mol. The molecule has 0 heterocycles. The highest BCUT2D eigenvalue weighted by molar-refractivity contribution is 5.78. The molecule has 2 unspecified atom stereocenters. The lowest BCUT2D eigenvalue weighted by atomic mass is 10.0. The lowest BCUT2D eigenvalue weighted by molar-refractivity contribution is -0.125. The van der Waals surface area contributed by atoms with E-state index in [0.29, 0.717) is 6.54 Å². The van der Waals surface area contributed by atoms with Crippen molar-refractivity contribution in [1.29, 1.82) is 0 Å². The molecule has 0 saturated heterocycles. The molecule has 2 atom stereocenters. The average Bonchev–Trinajstić information content (AvgIpc) is 2.13. The molecule has 0 aliphatic rings. The number of nitrogens with two attached hydrogens (primary N) is 1. The standard InChI is InChI=1S/C10H22N2O/c1-4-8(3)12-10(13)9(5-2)6-7-11/h8-9H,4-7,11H2,1-3H3,(H,12,13). The third kappa shape index (κ3) is 4.88. The summed E-state index contributed by atoms with van der Waals surface area (Å²) in [5.41, 5.74) is 5.43. The van der Waals surface area contributed by atoms with Crippen LogP contribution in [-0.2, 0) is 4.79 Å². The van der Waals surface area contributed by atoms with Crippen molar-refractivity contribution in [1.82, 2.24) is 5.32 Å². The number of carbonyl (C=O) groups is 1. The number of hydrogen-bond acceptors (Lipinski definition) is 2. The quantitative estimate of drug-likeness (QED) is 0.656. The molecule has 3 heteroatoms. The van der Waals surface area contributed by atoms with Gasteiger partial charge in [-0.15, -0.1) is 0 Å². The fourth-order valence-electron chi connectivity index (χ4n) is 1.18. The maximum absolute atomic E-state index is 11.6. The van der Waals surface area contributed by atoms with Gasteiger partial charge in [0, 0.05) is 12.0 Å². The second-order valence-electron chi connectivity index (χ2n) is 3.50. The number of hydrogen-bond donors (Lipinski definition) is 2. The van der Waals surface area contributed by atoms with Gasteiger partial charge in [0.05, 0.1) is 0 Å². The number of nitrogens with one attached hydrogen (secondary N) is 1. The van der Waals surface area contributed by atoms with Gasteiger partial charge in [-0.25, -0.2) is 0 Å². The Kier molecular flexibility index (Phi) is 6.59. The van der Waals surface area contributed by atoms with E-state index in [1.54, 1.807) is 0 Å². The molecule has 0 aromatic heterocycles. The Bertz CT molecular complexity index is 148. The highest BCUT2D eigenvalue weighted by Gasteiger charge is 2.16. The molecule has 78 valence electrons. The Morgan fingerprint density at radius 3 is 2.38 bits per heavy atom. The predicted octanol–water partition coefficient (Wildman–Crippen LogP) is 1.28. The van der Waals surface area contributed by atoms with Gasteiger partial charge in [0.1, 0.15) is 0 Å². The topological polar surface area (TPSA) is 55.1 Å². The van der Waals surface area contributed by atoms with Gasteiger partial charge in [-0.1, -0.05) is 13.8 Å². The second kappa shape index (κ2) is 6.89. The van der Waals surface area contributed by atoms with Crippen LogP contribution in [0.4, 0.5) is 0 Å². The van der Waals surface area contributed by atoms with Crippen LogP contribution in [0.5, 0.6) is 0 Å². The van der Waals surface area contributed by atoms with E-state index in [-0.39, 0.29) is 17.9 Å². The highest BCUT2D eigenvalue weighted by Crippen LogP contribution is 2.07. The zero-order chi connectivity index (χ0) is 10.3. The molecular weight excluding hydrogens is 164 g/mol. The van der Waals surface area contributed by atoms with Gasteiger partial charge >= 0.3 is 0 Å². The van der Waals surface area contributed by atoms with Crippen LogP contribution in [0.25, 0.3) is 0 Å². The zero-order valence-electron chi connectivity index (χ0n) is 8.97. The van der Waals surface area contributed by atoms with Crippen LogP contribution >= 0.6 is 0 Å². The van der Waals surface area contributed by atoms with E-state index in [0.717, 1.165) is 19.3 Å². The second-order valence-corrected chi connectivity index (χ2v) is 3.50. The molecule has 3 nitrogen and oxygen atoms in total. The average molecular weight is 186 g/mol. The zero-order valence-corrected chi connectivity index (χ0v) is 8.97. The van der Waals surface area contributed by atoms with Crippen LogP contribution in [0.3, 0.4) is 0 Å². The summed E-state index contributed by atoms with van der Waals surface area (Å²) in [4.78, 5) is 11.6. The molecule has 0 aromatic carbocycles. The molecule has 0 fully saturated rings. The fraction of sp³-hybridized carbons (Fsp3) is 0.900. The summed E-state index contributed by atoms with van der Waals surface area (Å²) in [6.07, 6.45) is 2.64. The van der Waals surface area contributed by atoms with Gasteiger partial charge in [-0.05, 0) is 32.7 Å². The number of carbonyl (C=O) groups excluding carboxylic acids is 1. The smallest absolute Gasteiger partial charge is 0.223 e. The van der Waals surface area contributed by atoms with Gasteiger partial charge in [0.2, 0.25) is 5.91 Å². The molecule has 0 bridgehead atoms. The van der Waals surface area contributed by atoms with Crippen LogP contribution in [0.2, 0.25) is 0 Å². The Balaban J connectivity index is 3.90. The Hall–Kier alpha value is -0.570. The first kappa shape index (κ1) is 12.4. The molecule has 13 heavy (non-hydrogen) atoms. The molecule has 3 N–H and O–H groups in total. The van der Waals surface area contributed by atoms with Crippen LogP contribution < -0.4 is 11.1 Å². The molecule has 0 aliphatic carbocycles. The monoisotopic (exact) mass is 186 g/mol. The van der Waals surface area contributed by atoms with Crippen molar-refractivity contribution in [3.05, 3.63) is 0 Å². The van der Waals surface area contributed by atoms with Crippen molar-refractivity contribution in [3.63, 3.8) is 0 Å². The maximum atomic E-state index is 11.6. The van der Waals surface area contributed by atoms with Gasteiger partial charge in [-0.3, -0.25) is 4.79 Å². The minimum atomic E-state index is 0.0963. The molecule has 1 amide bonds. The van der Waals surface area contributed by atoms with Crippen molar-refractivity contribution in [3.8, 4) is 0 Å². The van der Waals surface area contributed by atoms with Crippen molar-refractivity contribution in [2.75, 3.05) is 6.54 Å². The minimum Gasteiger partial charge on any atom is -0.353 e. The van der Waals surface area contributed by atoms with Crippen molar-refractivity contribution < 1.29 is 4.79 Å². The molecular formula is C10H22N2O. The Morgan fingerprint density at radius 2 is 2.00 bits per heavy atom. The van der Waals surface area contributed by atoms with Crippen LogP contribution in [0, 0.1) is 5.92 Å².